The summed E-state index contributed by atoms with van der Waals surface area (Å²) in [6.07, 6.45) is 0.466. The molecule has 30 heavy (non-hydrogen) atoms. The molecule has 3 aromatic carbocycles. The number of amides is 1. The van der Waals surface area contributed by atoms with E-state index in [2.05, 4.69) is 5.32 Å². The van der Waals surface area contributed by atoms with E-state index in [1.807, 2.05) is 0 Å². The van der Waals surface area contributed by atoms with Gasteiger partial charge in [-0.3, -0.25) is 9.10 Å². The van der Waals surface area contributed by atoms with E-state index >= 15 is 0 Å². The Kier molecular flexibility index (Phi) is 5.26. The number of benzene rings is 3. The fraction of sp³-hybridized carbons (Fsp3) is 0.136. The summed E-state index contributed by atoms with van der Waals surface area (Å²) in [6, 6.07) is 16.2. The number of halogens is 2. The monoisotopic (exact) mass is 444 g/mol. The predicted molar refractivity (Wildman–Crippen MR) is 115 cm³/mol. The van der Waals surface area contributed by atoms with Gasteiger partial charge in [0, 0.05) is 22.3 Å². The van der Waals surface area contributed by atoms with Crippen LogP contribution < -0.4 is 9.62 Å². The van der Waals surface area contributed by atoms with Crippen molar-refractivity contribution in [3.05, 3.63) is 88.7 Å². The van der Waals surface area contributed by atoms with Gasteiger partial charge < -0.3 is 5.32 Å². The lowest BCUT2D eigenvalue weighted by Gasteiger charge is -2.24. The molecule has 4 rings (SSSR count). The minimum absolute atomic E-state index is 0.0198. The minimum Gasteiger partial charge on any atom is -0.322 e. The molecule has 0 fully saturated rings. The van der Waals surface area contributed by atoms with E-state index in [-0.39, 0.29) is 16.8 Å². The summed E-state index contributed by atoms with van der Waals surface area (Å²) >= 11 is 5.95. The number of anilines is 2. The molecule has 1 aliphatic heterocycles. The van der Waals surface area contributed by atoms with Crippen LogP contribution in [0, 0.1) is 5.82 Å². The molecular formula is C22H18ClFN2O3S. The minimum atomic E-state index is -3.85. The van der Waals surface area contributed by atoms with E-state index < -0.39 is 15.8 Å². The number of hydrogen-bond acceptors (Lipinski definition) is 3. The highest BCUT2D eigenvalue weighted by atomic mass is 35.5. The molecule has 5 nitrogen and oxygen atoms in total. The lowest BCUT2D eigenvalue weighted by atomic mass is 10.1. The first kappa shape index (κ1) is 20.4. The number of rotatable bonds is 4. The van der Waals surface area contributed by atoms with Gasteiger partial charge in [-0.2, -0.15) is 0 Å². The van der Waals surface area contributed by atoms with Gasteiger partial charge in [0.25, 0.3) is 15.9 Å². The Morgan fingerprint density at radius 2 is 1.83 bits per heavy atom. The Balaban J connectivity index is 1.63. The van der Waals surface area contributed by atoms with E-state index in [4.69, 9.17) is 11.6 Å². The number of nitrogens with one attached hydrogen (secondary N) is 1. The maximum Gasteiger partial charge on any atom is 0.264 e. The zero-order valence-electron chi connectivity index (χ0n) is 16.0. The van der Waals surface area contributed by atoms with E-state index in [9.17, 15) is 17.6 Å². The largest absolute Gasteiger partial charge is 0.322 e. The Labute approximate surface area is 179 Å². The summed E-state index contributed by atoms with van der Waals surface area (Å²) in [5.74, 6) is -0.813. The maximum atomic E-state index is 13.2. The molecule has 0 radical (unpaired) electrons. The van der Waals surface area contributed by atoms with Gasteiger partial charge in [-0.05, 0) is 79.6 Å². The lowest BCUT2D eigenvalue weighted by Crippen LogP contribution is -2.35. The Morgan fingerprint density at radius 3 is 2.53 bits per heavy atom. The summed E-state index contributed by atoms with van der Waals surface area (Å²) in [6.45, 7) is 1.80. The van der Waals surface area contributed by atoms with Crippen molar-refractivity contribution in [2.24, 2.45) is 0 Å². The molecule has 0 aliphatic carbocycles. The standard InChI is InChI=1S/C22H18ClFN2O3S/c1-14-11-16-12-15(22(27)25-19-4-2-3-17(23)13-19)5-10-21(16)26(14)30(28,29)20-8-6-18(24)7-9-20/h2-10,12-14H,11H2,1H3,(H,25,27)/t14-/m1/s1. The molecule has 154 valence electrons. The fourth-order valence-corrected chi connectivity index (χ4v) is 5.48. The van der Waals surface area contributed by atoms with Crippen molar-refractivity contribution in [1.29, 1.82) is 0 Å². The molecule has 1 N–H and O–H groups in total. The molecule has 3 aromatic rings. The zero-order valence-corrected chi connectivity index (χ0v) is 17.5. The highest BCUT2D eigenvalue weighted by Gasteiger charge is 2.36. The van der Waals surface area contributed by atoms with Crippen LogP contribution >= 0.6 is 11.6 Å². The Bertz CT molecular complexity index is 1230. The van der Waals surface area contributed by atoms with E-state index in [0.717, 1.165) is 17.7 Å². The van der Waals surface area contributed by atoms with Crippen LogP contribution in [0.3, 0.4) is 0 Å². The average Bonchev–Trinajstić information content (AvgIpc) is 3.03. The Morgan fingerprint density at radius 1 is 1.10 bits per heavy atom. The van der Waals surface area contributed by atoms with Crippen molar-refractivity contribution in [2.45, 2.75) is 24.3 Å². The highest BCUT2D eigenvalue weighted by molar-refractivity contribution is 7.92. The molecule has 8 heteroatoms. The van der Waals surface area contributed by atoms with Gasteiger partial charge in [-0.15, -0.1) is 0 Å². The predicted octanol–water partition coefficient (Wildman–Crippen LogP) is 4.87. The van der Waals surface area contributed by atoms with Gasteiger partial charge in [0.1, 0.15) is 5.82 Å². The van der Waals surface area contributed by atoms with Crippen molar-refractivity contribution in [1.82, 2.24) is 0 Å². The van der Waals surface area contributed by atoms with Crippen LogP contribution in [-0.2, 0) is 16.4 Å². The van der Waals surface area contributed by atoms with Crippen LogP contribution in [0.5, 0.6) is 0 Å². The van der Waals surface area contributed by atoms with Gasteiger partial charge in [-0.25, -0.2) is 12.8 Å². The SMILES string of the molecule is C[C@@H]1Cc2cc(C(=O)Nc3cccc(Cl)c3)ccc2N1S(=O)(=O)c1ccc(F)cc1. The lowest BCUT2D eigenvalue weighted by molar-refractivity contribution is 0.102. The molecule has 0 bridgehead atoms. The molecule has 0 aromatic heterocycles. The van der Waals surface area contributed by atoms with E-state index in [0.29, 0.717) is 28.4 Å². The zero-order chi connectivity index (χ0) is 21.5. The van der Waals surface area contributed by atoms with Gasteiger partial charge >= 0.3 is 0 Å². The number of sulfonamides is 1. The molecular weight excluding hydrogens is 427 g/mol. The molecule has 0 spiro atoms. The second kappa shape index (κ2) is 7.74. The summed E-state index contributed by atoms with van der Waals surface area (Å²) in [7, 11) is -3.85. The van der Waals surface area contributed by atoms with Crippen molar-refractivity contribution in [2.75, 3.05) is 9.62 Å². The molecule has 0 saturated carbocycles. The third-order valence-electron chi connectivity index (χ3n) is 4.95. The van der Waals surface area contributed by atoms with Crippen molar-refractivity contribution < 1.29 is 17.6 Å². The molecule has 0 saturated heterocycles. The summed E-state index contributed by atoms with van der Waals surface area (Å²) in [5, 5.41) is 3.29. The van der Waals surface area contributed by atoms with Crippen molar-refractivity contribution >= 4 is 38.9 Å². The second-order valence-electron chi connectivity index (χ2n) is 7.12. The van der Waals surface area contributed by atoms with Crippen LogP contribution in [-0.4, -0.2) is 20.4 Å². The number of fused-ring (bicyclic) bond motifs is 1. The third-order valence-corrected chi connectivity index (χ3v) is 7.13. The van der Waals surface area contributed by atoms with Gasteiger partial charge in [0.05, 0.1) is 10.6 Å². The molecule has 1 heterocycles. The van der Waals surface area contributed by atoms with Crippen LogP contribution in [0.2, 0.25) is 5.02 Å². The summed E-state index contributed by atoms with van der Waals surface area (Å²) < 4.78 is 40.8. The van der Waals surface area contributed by atoms with Crippen LogP contribution in [0.25, 0.3) is 0 Å². The molecule has 0 unspecified atom stereocenters. The topological polar surface area (TPSA) is 66.5 Å². The van der Waals surface area contributed by atoms with E-state index in [1.165, 1.54) is 16.4 Å². The average molecular weight is 445 g/mol. The smallest absolute Gasteiger partial charge is 0.264 e. The summed E-state index contributed by atoms with van der Waals surface area (Å²) in [4.78, 5) is 12.6. The third kappa shape index (κ3) is 3.78. The normalized spacial score (nSPS) is 15.7. The first-order valence-electron chi connectivity index (χ1n) is 9.25. The van der Waals surface area contributed by atoms with Crippen LogP contribution in [0.1, 0.15) is 22.8 Å². The molecule has 1 atom stereocenters. The van der Waals surface area contributed by atoms with Gasteiger partial charge in [0.15, 0.2) is 0 Å². The number of carbonyl (C=O) groups is 1. The Hall–Kier alpha value is -2.90. The van der Waals surface area contributed by atoms with Gasteiger partial charge in [-0.1, -0.05) is 17.7 Å². The first-order valence-corrected chi connectivity index (χ1v) is 11.1. The van der Waals surface area contributed by atoms with Crippen LogP contribution in [0.15, 0.2) is 71.6 Å². The quantitative estimate of drug-likeness (QED) is 0.624. The number of hydrogen-bond donors (Lipinski definition) is 1. The van der Waals surface area contributed by atoms with Gasteiger partial charge in [0.2, 0.25) is 0 Å². The molecule has 1 aliphatic rings. The van der Waals surface area contributed by atoms with Crippen molar-refractivity contribution in [3.8, 4) is 0 Å². The number of carbonyl (C=O) groups excluding carboxylic acids is 1. The fourth-order valence-electron chi connectivity index (χ4n) is 3.60. The van der Waals surface area contributed by atoms with Crippen molar-refractivity contribution in [3.63, 3.8) is 0 Å². The molecule has 1 amide bonds. The number of nitrogens with zero attached hydrogens (tertiary/aromatic N) is 1. The first-order chi connectivity index (χ1) is 14.3. The maximum absolute atomic E-state index is 13.2. The summed E-state index contributed by atoms with van der Waals surface area (Å²) in [5.41, 5.74) is 2.27. The van der Waals surface area contributed by atoms with E-state index in [1.54, 1.807) is 49.4 Å². The second-order valence-corrected chi connectivity index (χ2v) is 9.37. The van der Waals surface area contributed by atoms with Crippen LogP contribution in [0.4, 0.5) is 15.8 Å². The highest BCUT2D eigenvalue weighted by Crippen LogP contribution is 2.37.